The highest BCUT2D eigenvalue weighted by atomic mass is 19.1. The number of nitrogens with two attached hydrogens (primary N) is 1. The summed E-state index contributed by atoms with van der Waals surface area (Å²) in [5, 5.41) is 0.863. The molecule has 1 heterocycles. The Kier molecular flexibility index (Phi) is 2.87. The molecule has 1 aromatic heterocycles. The minimum absolute atomic E-state index is 0.159. The van der Waals surface area contributed by atoms with Crippen LogP contribution in [0, 0.1) is 12.7 Å². The first-order valence-electron chi connectivity index (χ1n) is 5.71. The second-order valence-corrected chi connectivity index (χ2v) is 5.07. The second kappa shape index (κ2) is 4.08. The predicted molar refractivity (Wildman–Crippen MR) is 68.5 cm³/mol. The molecule has 17 heavy (non-hydrogen) atoms. The molecule has 0 saturated carbocycles. The first-order valence-corrected chi connectivity index (χ1v) is 5.71. The van der Waals surface area contributed by atoms with Crippen molar-refractivity contribution in [2.24, 2.45) is 5.73 Å². The third kappa shape index (κ3) is 2.15. The molecular weight excluding hydrogens is 215 g/mol. The van der Waals surface area contributed by atoms with Gasteiger partial charge in [0.05, 0.1) is 5.52 Å². The van der Waals surface area contributed by atoms with Gasteiger partial charge < -0.3 is 5.73 Å². The summed E-state index contributed by atoms with van der Waals surface area (Å²) < 4.78 is 13.2. The molecule has 0 amide bonds. The SMILES string of the molecule is Cc1cc(C(C)(C)CN)nc2ccc(F)cc12. The molecule has 0 atom stereocenters. The number of aryl methyl sites for hydroxylation is 1. The van der Waals surface area contributed by atoms with Gasteiger partial charge in [-0.1, -0.05) is 13.8 Å². The fourth-order valence-corrected chi connectivity index (χ4v) is 1.82. The number of hydrogen-bond acceptors (Lipinski definition) is 2. The zero-order valence-electron chi connectivity index (χ0n) is 10.4. The smallest absolute Gasteiger partial charge is 0.123 e. The van der Waals surface area contributed by atoms with Gasteiger partial charge in [-0.3, -0.25) is 4.98 Å². The molecule has 0 saturated heterocycles. The number of rotatable bonds is 2. The highest BCUT2D eigenvalue weighted by Gasteiger charge is 2.21. The Morgan fingerprint density at radius 2 is 2.00 bits per heavy atom. The molecule has 0 aliphatic rings. The lowest BCUT2D eigenvalue weighted by molar-refractivity contribution is 0.523. The fraction of sp³-hybridized carbons (Fsp3) is 0.357. The molecule has 0 radical (unpaired) electrons. The monoisotopic (exact) mass is 232 g/mol. The Morgan fingerprint density at radius 3 is 2.65 bits per heavy atom. The van der Waals surface area contributed by atoms with Crippen LogP contribution in [0.5, 0.6) is 0 Å². The maximum Gasteiger partial charge on any atom is 0.123 e. The van der Waals surface area contributed by atoms with E-state index >= 15 is 0 Å². The van der Waals surface area contributed by atoms with Crippen LogP contribution in [0.1, 0.15) is 25.1 Å². The van der Waals surface area contributed by atoms with Gasteiger partial charge in [-0.2, -0.15) is 0 Å². The Hall–Kier alpha value is -1.48. The van der Waals surface area contributed by atoms with Crippen molar-refractivity contribution in [3.8, 4) is 0 Å². The van der Waals surface area contributed by atoms with Crippen molar-refractivity contribution in [1.82, 2.24) is 4.98 Å². The maximum absolute atomic E-state index is 13.2. The van der Waals surface area contributed by atoms with Gasteiger partial charge in [-0.05, 0) is 36.8 Å². The molecule has 90 valence electrons. The van der Waals surface area contributed by atoms with Gasteiger partial charge in [0.1, 0.15) is 5.82 Å². The van der Waals surface area contributed by atoms with Crippen molar-refractivity contribution >= 4 is 10.9 Å². The number of pyridine rings is 1. The molecule has 2 aromatic rings. The van der Waals surface area contributed by atoms with E-state index in [-0.39, 0.29) is 11.2 Å². The third-order valence-electron chi connectivity index (χ3n) is 3.18. The summed E-state index contributed by atoms with van der Waals surface area (Å²) in [6.45, 7) is 6.62. The summed E-state index contributed by atoms with van der Waals surface area (Å²) >= 11 is 0. The number of halogens is 1. The topological polar surface area (TPSA) is 38.9 Å². The molecule has 3 heteroatoms. The summed E-state index contributed by atoms with van der Waals surface area (Å²) in [5.41, 5.74) is 8.41. The first kappa shape index (κ1) is 12.0. The van der Waals surface area contributed by atoms with E-state index < -0.39 is 0 Å². The number of nitrogens with zero attached hydrogens (tertiary/aromatic N) is 1. The van der Waals surface area contributed by atoms with Crippen molar-refractivity contribution in [1.29, 1.82) is 0 Å². The van der Waals surface area contributed by atoms with Crippen LogP contribution in [-0.2, 0) is 5.41 Å². The molecule has 2 N–H and O–H groups in total. The van der Waals surface area contributed by atoms with Gasteiger partial charge >= 0.3 is 0 Å². The fourth-order valence-electron chi connectivity index (χ4n) is 1.82. The van der Waals surface area contributed by atoms with Crippen molar-refractivity contribution in [2.75, 3.05) is 6.54 Å². The molecule has 2 rings (SSSR count). The van der Waals surface area contributed by atoms with Crippen LogP contribution in [0.4, 0.5) is 4.39 Å². The van der Waals surface area contributed by atoms with Crippen LogP contribution >= 0.6 is 0 Å². The van der Waals surface area contributed by atoms with E-state index in [4.69, 9.17) is 5.73 Å². The Balaban J connectivity index is 2.68. The van der Waals surface area contributed by atoms with Gasteiger partial charge in [0.2, 0.25) is 0 Å². The molecule has 0 fully saturated rings. The van der Waals surface area contributed by atoms with E-state index in [2.05, 4.69) is 18.8 Å². The van der Waals surface area contributed by atoms with Crippen molar-refractivity contribution in [3.05, 3.63) is 41.3 Å². The third-order valence-corrected chi connectivity index (χ3v) is 3.18. The van der Waals surface area contributed by atoms with E-state index in [9.17, 15) is 4.39 Å². The van der Waals surface area contributed by atoms with E-state index in [0.717, 1.165) is 22.2 Å². The molecule has 0 aliphatic carbocycles. The minimum Gasteiger partial charge on any atom is -0.330 e. The lowest BCUT2D eigenvalue weighted by Crippen LogP contribution is -2.29. The summed E-state index contributed by atoms with van der Waals surface area (Å²) in [4.78, 5) is 4.57. The molecule has 2 nitrogen and oxygen atoms in total. The number of hydrogen-bond donors (Lipinski definition) is 1. The highest BCUT2D eigenvalue weighted by molar-refractivity contribution is 5.82. The summed E-state index contributed by atoms with van der Waals surface area (Å²) in [7, 11) is 0. The largest absolute Gasteiger partial charge is 0.330 e. The van der Waals surface area contributed by atoms with Crippen molar-refractivity contribution in [3.63, 3.8) is 0 Å². The van der Waals surface area contributed by atoms with Crippen molar-refractivity contribution < 1.29 is 4.39 Å². The average molecular weight is 232 g/mol. The minimum atomic E-state index is -0.228. The van der Waals surface area contributed by atoms with E-state index in [0.29, 0.717) is 6.54 Å². The lowest BCUT2D eigenvalue weighted by atomic mass is 9.88. The van der Waals surface area contributed by atoms with Crippen LogP contribution in [0.15, 0.2) is 24.3 Å². The van der Waals surface area contributed by atoms with Gasteiger partial charge in [0, 0.05) is 23.0 Å². The molecular formula is C14H17FN2. The standard InChI is InChI=1S/C14H17FN2/c1-9-6-13(14(2,3)8-16)17-12-5-4-10(15)7-11(9)12/h4-7H,8,16H2,1-3H3. The number of aromatic nitrogens is 1. The van der Waals surface area contributed by atoms with Gasteiger partial charge in [-0.15, -0.1) is 0 Å². The zero-order chi connectivity index (χ0) is 12.6. The van der Waals surface area contributed by atoms with Gasteiger partial charge in [0.25, 0.3) is 0 Å². The number of benzene rings is 1. The molecule has 0 bridgehead atoms. The lowest BCUT2D eigenvalue weighted by Gasteiger charge is -2.22. The maximum atomic E-state index is 13.2. The Bertz CT molecular complexity index is 561. The molecule has 0 unspecified atom stereocenters. The van der Waals surface area contributed by atoms with Crippen LogP contribution in [0.25, 0.3) is 10.9 Å². The van der Waals surface area contributed by atoms with E-state index in [1.807, 2.05) is 13.0 Å². The Labute approximate surface area is 101 Å². The highest BCUT2D eigenvalue weighted by Crippen LogP contribution is 2.25. The average Bonchev–Trinajstić information content (AvgIpc) is 2.29. The van der Waals surface area contributed by atoms with Gasteiger partial charge in [0.15, 0.2) is 0 Å². The molecule has 0 aliphatic heterocycles. The summed E-state index contributed by atoms with van der Waals surface area (Å²) in [6.07, 6.45) is 0. The predicted octanol–water partition coefficient (Wildman–Crippen LogP) is 2.92. The van der Waals surface area contributed by atoms with E-state index in [1.54, 1.807) is 6.07 Å². The summed E-state index contributed by atoms with van der Waals surface area (Å²) in [6, 6.07) is 6.67. The second-order valence-electron chi connectivity index (χ2n) is 5.07. The molecule has 1 aromatic carbocycles. The molecule has 0 spiro atoms. The first-order chi connectivity index (χ1) is 7.94. The summed E-state index contributed by atoms with van der Waals surface area (Å²) in [5.74, 6) is -0.228. The Morgan fingerprint density at radius 1 is 1.29 bits per heavy atom. The normalized spacial score (nSPS) is 12.1. The van der Waals surface area contributed by atoms with Crippen molar-refractivity contribution in [2.45, 2.75) is 26.2 Å². The van der Waals surface area contributed by atoms with Crippen LogP contribution in [0.2, 0.25) is 0 Å². The van der Waals surface area contributed by atoms with Gasteiger partial charge in [-0.25, -0.2) is 4.39 Å². The van der Waals surface area contributed by atoms with Crippen LogP contribution in [-0.4, -0.2) is 11.5 Å². The zero-order valence-corrected chi connectivity index (χ0v) is 10.4. The van der Waals surface area contributed by atoms with E-state index in [1.165, 1.54) is 12.1 Å². The van der Waals surface area contributed by atoms with Crippen LogP contribution in [0.3, 0.4) is 0 Å². The number of fused-ring (bicyclic) bond motifs is 1. The van der Waals surface area contributed by atoms with Crippen LogP contribution < -0.4 is 5.73 Å². The quantitative estimate of drug-likeness (QED) is 0.864.